The number of aromatic nitrogens is 1. The molecule has 2 aromatic rings. The maximum absolute atomic E-state index is 12.6. The first kappa shape index (κ1) is 17.3. The van der Waals surface area contributed by atoms with Crippen molar-refractivity contribution >= 4 is 6.09 Å². The molecule has 0 radical (unpaired) electrons. The Bertz CT molecular complexity index is 703. The molecule has 5 nitrogen and oxygen atoms in total. The molecule has 0 N–H and O–H groups in total. The fourth-order valence-electron chi connectivity index (χ4n) is 3.09. The van der Waals surface area contributed by atoms with Crippen molar-refractivity contribution in [1.82, 2.24) is 9.88 Å². The van der Waals surface area contributed by atoms with E-state index in [1.165, 1.54) is 0 Å². The van der Waals surface area contributed by atoms with Gasteiger partial charge < -0.3 is 14.4 Å². The first-order valence-corrected chi connectivity index (χ1v) is 8.74. The molecule has 1 aliphatic rings. The van der Waals surface area contributed by atoms with Crippen LogP contribution in [0.2, 0.25) is 0 Å². The molecule has 0 unspecified atom stereocenters. The summed E-state index contributed by atoms with van der Waals surface area (Å²) < 4.78 is 11.3. The van der Waals surface area contributed by atoms with Crippen LogP contribution in [0.1, 0.15) is 43.9 Å². The third-order valence-electron chi connectivity index (χ3n) is 4.20. The lowest BCUT2D eigenvalue weighted by molar-refractivity contribution is 0.0912. The maximum atomic E-state index is 12.6. The number of hydrogen-bond acceptors (Lipinski definition) is 4. The van der Waals surface area contributed by atoms with Crippen molar-refractivity contribution in [2.45, 2.75) is 45.4 Å². The van der Waals surface area contributed by atoms with Crippen molar-refractivity contribution in [2.24, 2.45) is 0 Å². The molecule has 1 atom stereocenters. The lowest BCUT2D eigenvalue weighted by Crippen LogP contribution is -2.31. The highest BCUT2D eigenvalue weighted by Gasteiger charge is 2.33. The monoisotopic (exact) mass is 340 g/mol. The molecule has 1 saturated heterocycles. The van der Waals surface area contributed by atoms with E-state index >= 15 is 0 Å². The van der Waals surface area contributed by atoms with Crippen LogP contribution in [0, 0.1) is 0 Å². The molecular weight excluding hydrogens is 316 g/mol. The Morgan fingerprint density at radius 2 is 2.04 bits per heavy atom. The fourth-order valence-corrected chi connectivity index (χ4v) is 3.09. The van der Waals surface area contributed by atoms with Crippen LogP contribution >= 0.6 is 0 Å². The van der Waals surface area contributed by atoms with Gasteiger partial charge in [0.15, 0.2) is 0 Å². The van der Waals surface area contributed by atoms with Gasteiger partial charge in [-0.1, -0.05) is 36.4 Å². The zero-order valence-corrected chi connectivity index (χ0v) is 14.7. The SMILES string of the molecule is CC(C)Oc1ncccc1[C@@H]1CCCN1C(=O)OCc1ccccc1. The van der Waals surface area contributed by atoms with Crippen LogP contribution in [0.3, 0.4) is 0 Å². The van der Waals surface area contributed by atoms with Gasteiger partial charge in [0.1, 0.15) is 6.61 Å². The molecule has 1 aromatic heterocycles. The second-order valence-electron chi connectivity index (χ2n) is 6.46. The third-order valence-corrected chi connectivity index (χ3v) is 4.20. The number of carbonyl (C=O) groups excluding carboxylic acids is 1. The number of hydrogen-bond donors (Lipinski definition) is 0. The Morgan fingerprint density at radius 1 is 1.24 bits per heavy atom. The largest absolute Gasteiger partial charge is 0.475 e. The van der Waals surface area contributed by atoms with E-state index in [1.807, 2.05) is 56.3 Å². The van der Waals surface area contributed by atoms with Gasteiger partial charge in [0.25, 0.3) is 0 Å². The Hall–Kier alpha value is -2.56. The summed E-state index contributed by atoms with van der Waals surface area (Å²) >= 11 is 0. The Morgan fingerprint density at radius 3 is 2.80 bits per heavy atom. The molecule has 25 heavy (non-hydrogen) atoms. The fraction of sp³-hybridized carbons (Fsp3) is 0.400. The normalized spacial score (nSPS) is 16.9. The topological polar surface area (TPSA) is 51.7 Å². The third kappa shape index (κ3) is 4.29. The Kier molecular flexibility index (Phi) is 5.53. The van der Waals surface area contributed by atoms with Gasteiger partial charge in [0, 0.05) is 18.3 Å². The average Bonchev–Trinajstić information content (AvgIpc) is 3.10. The number of carbonyl (C=O) groups is 1. The van der Waals surface area contributed by atoms with Gasteiger partial charge in [-0.05, 0) is 38.3 Å². The highest BCUT2D eigenvalue weighted by Crippen LogP contribution is 2.36. The predicted octanol–water partition coefficient (Wildman–Crippen LogP) is 4.34. The second-order valence-corrected chi connectivity index (χ2v) is 6.46. The predicted molar refractivity (Wildman–Crippen MR) is 95.3 cm³/mol. The van der Waals surface area contributed by atoms with Crippen molar-refractivity contribution in [1.29, 1.82) is 0 Å². The summed E-state index contributed by atoms with van der Waals surface area (Å²) in [5.74, 6) is 0.602. The van der Waals surface area contributed by atoms with Crippen LogP contribution in [0.15, 0.2) is 48.7 Å². The molecule has 1 aromatic carbocycles. The number of benzene rings is 1. The molecule has 0 saturated carbocycles. The second kappa shape index (κ2) is 8.01. The van der Waals surface area contributed by atoms with Crippen LogP contribution < -0.4 is 4.74 Å². The lowest BCUT2D eigenvalue weighted by atomic mass is 10.1. The number of pyridine rings is 1. The van der Waals surface area contributed by atoms with Crippen LogP contribution in [0.5, 0.6) is 5.88 Å². The molecule has 132 valence electrons. The molecule has 1 fully saturated rings. The van der Waals surface area contributed by atoms with Gasteiger partial charge in [-0.2, -0.15) is 0 Å². The summed E-state index contributed by atoms with van der Waals surface area (Å²) in [5, 5.41) is 0. The highest BCUT2D eigenvalue weighted by molar-refractivity contribution is 5.69. The minimum Gasteiger partial charge on any atom is -0.475 e. The van der Waals surface area contributed by atoms with Crippen LogP contribution in [-0.4, -0.2) is 28.6 Å². The van der Waals surface area contributed by atoms with E-state index in [0.717, 1.165) is 24.0 Å². The summed E-state index contributed by atoms with van der Waals surface area (Å²) in [6.45, 7) is 4.91. The van der Waals surface area contributed by atoms with Gasteiger partial charge in [-0.25, -0.2) is 9.78 Å². The van der Waals surface area contributed by atoms with E-state index in [1.54, 1.807) is 11.1 Å². The van der Waals surface area contributed by atoms with E-state index in [9.17, 15) is 4.79 Å². The molecule has 1 aliphatic heterocycles. The van der Waals surface area contributed by atoms with Crippen molar-refractivity contribution in [2.75, 3.05) is 6.54 Å². The summed E-state index contributed by atoms with van der Waals surface area (Å²) in [5.41, 5.74) is 1.93. The molecule has 0 bridgehead atoms. The first-order chi connectivity index (χ1) is 12.1. The van der Waals surface area contributed by atoms with Crippen molar-refractivity contribution in [3.63, 3.8) is 0 Å². The zero-order chi connectivity index (χ0) is 17.6. The van der Waals surface area contributed by atoms with Crippen molar-refractivity contribution < 1.29 is 14.3 Å². The van der Waals surface area contributed by atoms with Gasteiger partial charge in [0.05, 0.1) is 12.1 Å². The summed E-state index contributed by atoms with van der Waals surface area (Å²) in [4.78, 5) is 18.7. The number of nitrogens with zero attached hydrogens (tertiary/aromatic N) is 2. The number of ether oxygens (including phenoxy) is 2. The minimum atomic E-state index is -0.286. The quantitative estimate of drug-likeness (QED) is 0.812. The van der Waals surface area contributed by atoms with E-state index in [-0.39, 0.29) is 24.8 Å². The lowest BCUT2D eigenvalue weighted by Gasteiger charge is -2.26. The van der Waals surface area contributed by atoms with E-state index in [0.29, 0.717) is 12.4 Å². The summed E-state index contributed by atoms with van der Waals surface area (Å²) in [6.07, 6.45) is 3.30. The average molecular weight is 340 g/mol. The Labute approximate surface area is 148 Å². The van der Waals surface area contributed by atoms with Crippen molar-refractivity contribution in [3.05, 3.63) is 59.8 Å². The molecule has 0 aliphatic carbocycles. The highest BCUT2D eigenvalue weighted by atomic mass is 16.6. The number of rotatable bonds is 5. The maximum Gasteiger partial charge on any atom is 0.410 e. The van der Waals surface area contributed by atoms with Crippen LogP contribution in [0.25, 0.3) is 0 Å². The molecule has 0 spiro atoms. The minimum absolute atomic E-state index is 0.0357. The van der Waals surface area contributed by atoms with E-state index < -0.39 is 0 Å². The molecule has 1 amide bonds. The number of amides is 1. The van der Waals surface area contributed by atoms with Crippen LogP contribution in [0.4, 0.5) is 4.79 Å². The molecule has 3 rings (SSSR count). The van der Waals surface area contributed by atoms with E-state index in [2.05, 4.69) is 4.98 Å². The van der Waals surface area contributed by atoms with Gasteiger partial charge >= 0.3 is 6.09 Å². The zero-order valence-electron chi connectivity index (χ0n) is 14.7. The van der Waals surface area contributed by atoms with Gasteiger partial charge in [0.2, 0.25) is 5.88 Å². The molecule has 2 heterocycles. The first-order valence-electron chi connectivity index (χ1n) is 8.74. The summed E-state index contributed by atoms with van der Waals surface area (Å²) in [7, 11) is 0. The van der Waals surface area contributed by atoms with E-state index in [4.69, 9.17) is 9.47 Å². The molecule has 5 heteroatoms. The standard InChI is InChI=1S/C20H24N2O3/c1-15(2)25-19-17(10-6-12-21-19)18-11-7-13-22(18)20(23)24-14-16-8-4-3-5-9-16/h3-6,8-10,12,15,18H,7,11,13-14H2,1-2H3/t18-/m0/s1. The van der Waals surface area contributed by atoms with Crippen molar-refractivity contribution in [3.8, 4) is 5.88 Å². The smallest absolute Gasteiger partial charge is 0.410 e. The molecular formula is C20H24N2O3. The number of likely N-dealkylation sites (tertiary alicyclic amines) is 1. The summed E-state index contributed by atoms with van der Waals surface area (Å²) in [6, 6.07) is 13.5. The van der Waals surface area contributed by atoms with Gasteiger partial charge in [-0.3, -0.25) is 0 Å². The van der Waals surface area contributed by atoms with Crippen LogP contribution in [-0.2, 0) is 11.3 Å². The Balaban J connectivity index is 1.71. The van der Waals surface area contributed by atoms with Gasteiger partial charge in [-0.15, -0.1) is 0 Å².